The van der Waals surface area contributed by atoms with Gasteiger partial charge in [-0.3, -0.25) is 0 Å². The summed E-state index contributed by atoms with van der Waals surface area (Å²) in [7, 11) is -1.54. The molecule has 1 aromatic heterocycles. The van der Waals surface area contributed by atoms with Gasteiger partial charge in [-0.05, 0) is 26.0 Å². The highest BCUT2D eigenvalue weighted by atomic mass is 32.2. The van der Waals surface area contributed by atoms with E-state index in [0.29, 0.717) is 31.1 Å². The van der Waals surface area contributed by atoms with Crippen molar-refractivity contribution in [1.29, 1.82) is 0 Å². The average molecular weight is 315 g/mol. The zero-order valence-electron chi connectivity index (χ0n) is 13.0. The summed E-state index contributed by atoms with van der Waals surface area (Å²) < 4.78 is 34.1. The van der Waals surface area contributed by atoms with Crippen LogP contribution in [-0.2, 0) is 28.4 Å². The van der Waals surface area contributed by atoms with Gasteiger partial charge in [-0.15, -0.1) is 0 Å². The lowest BCUT2D eigenvalue weighted by atomic mass is 10.3. The van der Waals surface area contributed by atoms with E-state index in [1.54, 1.807) is 12.3 Å². The van der Waals surface area contributed by atoms with Gasteiger partial charge in [0.25, 0.3) is 0 Å². The highest BCUT2D eigenvalue weighted by Crippen LogP contribution is 2.20. The number of nitrogens with one attached hydrogen (secondary N) is 1. The molecule has 6 nitrogen and oxygen atoms in total. The maximum atomic E-state index is 12.7. The summed E-state index contributed by atoms with van der Waals surface area (Å²) >= 11 is 0. The Kier molecular flexibility index (Phi) is 5.43. The summed E-state index contributed by atoms with van der Waals surface area (Å²) in [6.45, 7) is 6.90. The minimum atomic E-state index is -3.42. The first kappa shape index (κ1) is 16.5. The summed E-state index contributed by atoms with van der Waals surface area (Å²) in [5.74, 6) is 0. The molecule has 1 aliphatic rings. The van der Waals surface area contributed by atoms with E-state index in [2.05, 4.69) is 12.2 Å². The van der Waals surface area contributed by atoms with Crippen molar-refractivity contribution in [3.8, 4) is 0 Å². The molecule has 1 N–H and O–H groups in total. The van der Waals surface area contributed by atoms with Crippen molar-refractivity contribution in [2.75, 3.05) is 26.2 Å². The molecule has 0 saturated carbocycles. The first-order chi connectivity index (χ1) is 9.95. The van der Waals surface area contributed by atoms with Gasteiger partial charge in [0.15, 0.2) is 0 Å². The van der Waals surface area contributed by atoms with Gasteiger partial charge < -0.3 is 14.6 Å². The van der Waals surface area contributed by atoms with E-state index in [-0.39, 0.29) is 6.10 Å². The first-order valence-corrected chi connectivity index (χ1v) is 8.87. The number of ether oxygens (including phenoxy) is 1. The van der Waals surface area contributed by atoms with Gasteiger partial charge in [-0.1, -0.05) is 6.92 Å². The van der Waals surface area contributed by atoms with E-state index >= 15 is 0 Å². The van der Waals surface area contributed by atoms with Crippen LogP contribution in [0.15, 0.2) is 17.2 Å². The molecular formula is C14H25N3O3S. The predicted octanol–water partition coefficient (Wildman–Crippen LogP) is 0.934. The SMILES string of the molecule is CCCNCc1cc(S(=O)(=O)N2CCOC(C)C2)cn1C. The molecular weight excluding hydrogens is 290 g/mol. The Morgan fingerprint density at radius 3 is 2.90 bits per heavy atom. The molecule has 1 aliphatic heterocycles. The molecule has 21 heavy (non-hydrogen) atoms. The topological polar surface area (TPSA) is 63.6 Å². The van der Waals surface area contributed by atoms with Gasteiger partial charge in [0.1, 0.15) is 4.90 Å². The summed E-state index contributed by atoms with van der Waals surface area (Å²) in [6, 6.07) is 1.76. The van der Waals surface area contributed by atoms with Gasteiger partial charge in [0.2, 0.25) is 10.0 Å². The monoisotopic (exact) mass is 315 g/mol. The third-order valence-corrected chi connectivity index (χ3v) is 5.49. The number of hydrogen-bond donors (Lipinski definition) is 1. The lowest BCUT2D eigenvalue weighted by molar-refractivity contribution is 0.0102. The van der Waals surface area contributed by atoms with Crippen LogP contribution in [0.3, 0.4) is 0 Å². The van der Waals surface area contributed by atoms with Crippen molar-refractivity contribution in [2.45, 2.75) is 37.8 Å². The third-order valence-electron chi connectivity index (χ3n) is 3.66. The van der Waals surface area contributed by atoms with Crippen molar-refractivity contribution in [3.05, 3.63) is 18.0 Å². The van der Waals surface area contributed by atoms with Crippen LogP contribution in [0.1, 0.15) is 26.0 Å². The maximum absolute atomic E-state index is 12.7. The Hall–Kier alpha value is -0.890. The standard InChI is InChI=1S/C14H25N3O3S/c1-4-5-15-9-13-8-14(11-16(13)3)21(18,19)17-6-7-20-12(2)10-17/h8,11-12,15H,4-7,9-10H2,1-3H3. The van der Waals surface area contributed by atoms with Crippen LogP contribution in [-0.4, -0.2) is 49.6 Å². The molecule has 7 heteroatoms. The molecule has 1 fully saturated rings. The minimum absolute atomic E-state index is 0.0528. The van der Waals surface area contributed by atoms with Gasteiger partial charge in [0, 0.05) is 38.6 Å². The van der Waals surface area contributed by atoms with Crippen molar-refractivity contribution >= 4 is 10.0 Å². The molecule has 120 valence electrons. The van der Waals surface area contributed by atoms with Crippen molar-refractivity contribution in [3.63, 3.8) is 0 Å². The summed E-state index contributed by atoms with van der Waals surface area (Å²) in [5.41, 5.74) is 0.975. The van der Waals surface area contributed by atoms with Gasteiger partial charge >= 0.3 is 0 Å². The Bertz CT molecular complexity index is 568. The zero-order chi connectivity index (χ0) is 15.5. The van der Waals surface area contributed by atoms with E-state index in [1.807, 2.05) is 18.5 Å². The molecule has 1 unspecified atom stereocenters. The second kappa shape index (κ2) is 6.91. The average Bonchev–Trinajstić information content (AvgIpc) is 2.81. The van der Waals surface area contributed by atoms with Crippen LogP contribution >= 0.6 is 0 Å². The number of aryl methyl sites for hydroxylation is 1. The Labute approximate surface area is 127 Å². The zero-order valence-corrected chi connectivity index (χ0v) is 13.8. The van der Waals surface area contributed by atoms with Crippen LogP contribution in [0.2, 0.25) is 0 Å². The van der Waals surface area contributed by atoms with Gasteiger partial charge in [-0.25, -0.2) is 8.42 Å². The quantitative estimate of drug-likeness (QED) is 0.794. The Balaban J connectivity index is 2.14. The van der Waals surface area contributed by atoms with Crippen molar-refractivity contribution in [2.24, 2.45) is 7.05 Å². The van der Waals surface area contributed by atoms with E-state index in [9.17, 15) is 8.42 Å². The predicted molar refractivity (Wildman–Crippen MR) is 81.6 cm³/mol. The first-order valence-electron chi connectivity index (χ1n) is 7.43. The van der Waals surface area contributed by atoms with Crippen molar-refractivity contribution in [1.82, 2.24) is 14.2 Å². The fourth-order valence-electron chi connectivity index (χ4n) is 2.44. The highest BCUT2D eigenvalue weighted by molar-refractivity contribution is 7.89. The molecule has 0 amide bonds. The molecule has 1 atom stereocenters. The number of nitrogens with zero attached hydrogens (tertiary/aromatic N) is 2. The normalized spacial score (nSPS) is 20.8. The van der Waals surface area contributed by atoms with Crippen LogP contribution in [0.4, 0.5) is 0 Å². The molecule has 0 bridgehead atoms. The molecule has 0 spiro atoms. The number of sulfonamides is 1. The summed E-state index contributed by atoms with van der Waals surface area (Å²) in [4.78, 5) is 0.368. The highest BCUT2D eigenvalue weighted by Gasteiger charge is 2.30. The molecule has 2 rings (SSSR count). The summed E-state index contributed by atoms with van der Waals surface area (Å²) in [6.07, 6.45) is 2.70. The van der Waals surface area contributed by atoms with Gasteiger partial charge in [-0.2, -0.15) is 4.31 Å². The molecule has 1 aromatic rings. The van der Waals surface area contributed by atoms with Crippen LogP contribution in [0.5, 0.6) is 0 Å². The fourth-order valence-corrected chi connectivity index (χ4v) is 4.04. The van der Waals surface area contributed by atoms with E-state index in [1.165, 1.54) is 4.31 Å². The maximum Gasteiger partial charge on any atom is 0.244 e. The van der Waals surface area contributed by atoms with Crippen LogP contribution in [0, 0.1) is 0 Å². The number of hydrogen-bond acceptors (Lipinski definition) is 4. The molecule has 0 aliphatic carbocycles. The molecule has 0 aromatic carbocycles. The molecule has 0 radical (unpaired) electrons. The molecule has 2 heterocycles. The third kappa shape index (κ3) is 3.85. The summed E-state index contributed by atoms with van der Waals surface area (Å²) in [5, 5.41) is 3.29. The van der Waals surface area contributed by atoms with Crippen LogP contribution < -0.4 is 5.32 Å². The Morgan fingerprint density at radius 1 is 1.48 bits per heavy atom. The fraction of sp³-hybridized carbons (Fsp3) is 0.714. The smallest absolute Gasteiger partial charge is 0.244 e. The second-order valence-corrected chi connectivity index (χ2v) is 7.44. The minimum Gasteiger partial charge on any atom is -0.376 e. The van der Waals surface area contributed by atoms with Gasteiger partial charge in [0.05, 0.1) is 12.7 Å². The number of rotatable bonds is 6. The van der Waals surface area contributed by atoms with E-state index in [0.717, 1.165) is 18.7 Å². The van der Waals surface area contributed by atoms with Crippen LogP contribution in [0.25, 0.3) is 0 Å². The Morgan fingerprint density at radius 2 is 2.24 bits per heavy atom. The lowest BCUT2D eigenvalue weighted by Crippen LogP contribution is -2.44. The number of morpholine rings is 1. The van der Waals surface area contributed by atoms with Crippen molar-refractivity contribution < 1.29 is 13.2 Å². The number of aromatic nitrogens is 1. The lowest BCUT2D eigenvalue weighted by Gasteiger charge is -2.29. The van der Waals surface area contributed by atoms with E-state index < -0.39 is 10.0 Å². The second-order valence-electron chi connectivity index (χ2n) is 5.50. The van der Waals surface area contributed by atoms with E-state index in [4.69, 9.17) is 4.74 Å². The largest absolute Gasteiger partial charge is 0.376 e. The molecule has 1 saturated heterocycles.